The second kappa shape index (κ2) is 14.3. The molecule has 210 valence electrons. The van der Waals surface area contributed by atoms with E-state index in [0.29, 0.717) is 17.7 Å². The number of aliphatic hydroxyl groups is 2. The lowest BCUT2D eigenvalue weighted by molar-refractivity contribution is 0.158. The molecule has 0 fully saturated rings. The number of rotatable bonds is 14. The van der Waals surface area contributed by atoms with Crippen molar-refractivity contribution in [2.75, 3.05) is 24.1 Å². The number of anilines is 1. The van der Waals surface area contributed by atoms with Crippen LogP contribution in [-0.4, -0.2) is 44.1 Å². The van der Waals surface area contributed by atoms with Crippen molar-refractivity contribution in [1.82, 2.24) is 5.32 Å². The van der Waals surface area contributed by atoms with Gasteiger partial charge in [-0.05, 0) is 59.5 Å². The third-order valence-corrected chi connectivity index (χ3v) is 7.73. The molecule has 0 heterocycles. The summed E-state index contributed by atoms with van der Waals surface area (Å²) in [4.78, 5) is 2.30. The highest BCUT2D eigenvalue weighted by Crippen LogP contribution is 2.30. The molecule has 0 saturated heterocycles. The van der Waals surface area contributed by atoms with E-state index in [1.165, 1.54) is 4.90 Å². The first kappa shape index (κ1) is 29.6. The smallest absolute Gasteiger partial charge is 0.229 e. The Morgan fingerprint density at radius 2 is 1.50 bits per heavy atom. The Hall–Kier alpha value is -3.34. The molecule has 0 unspecified atom stereocenters. The second-order valence-electron chi connectivity index (χ2n) is 9.47. The van der Waals surface area contributed by atoms with E-state index in [1.807, 2.05) is 60.7 Å². The Labute approximate surface area is 240 Å². The number of aliphatic hydroxyl groups excluding tert-OH is 2. The van der Waals surface area contributed by atoms with Crippen LogP contribution in [0.5, 0.6) is 5.75 Å². The van der Waals surface area contributed by atoms with E-state index in [-0.39, 0.29) is 31.5 Å². The highest BCUT2D eigenvalue weighted by atomic mass is 32.2. The summed E-state index contributed by atoms with van der Waals surface area (Å²) in [5.74, 6) is 0.361. The topological polar surface area (TPSA) is 108 Å². The van der Waals surface area contributed by atoms with Gasteiger partial charge in [-0.25, -0.2) is 8.42 Å². The summed E-state index contributed by atoms with van der Waals surface area (Å²) in [7, 11) is -3.57. The average Bonchev–Trinajstić information content (AvgIpc) is 2.95. The van der Waals surface area contributed by atoms with Crippen LogP contribution in [0.3, 0.4) is 0 Å². The van der Waals surface area contributed by atoms with E-state index >= 15 is 0 Å². The van der Waals surface area contributed by atoms with Gasteiger partial charge in [-0.15, -0.1) is 0 Å². The van der Waals surface area contributed by atoms with E-state index in [2.05, 4.69) is 34.3 Å². The van der Waals surface area contributed by atoms with Gasteiger partial charge in [-0.3, -0.25) is 4.72 Å². The Morgan fingerprint density at radius 3 is 2.15 bits per heavy atom. The van der Waals surface area contributed by atoms with Crippen molar-refractivity contribution in [2.45, 2.75) is 35.0 Å². The van der Waals surface area contributed by atoms with Gasteiger partial charge in [0.05, 0.1) is 24.7 Å². The summed E-state index contributed by atoms with van der Waals surface area (Å²) in [6.45, 7) is 0.350. The minimum atomic E-state index is -3.57. The van der Waals surface area contributed by atoms with Crippen LogP contribution in [-0.2, 0) is 23.1 Å². The molecule has 9 heteroatoms. The number of benzene rings is 4. The number of nitrogens with one attached hydrogen (secondary N) is 2. The van der Waals surface area contributed by atoms with Crippen LogP contribution in [0.25, 0.3) is 0 Å². The fraction of sp³-hybridized carbons (Fsp3) is 0.226. The van der Waals surface area contributed by atoms with Crippen molar-refractivity contribution in [2.24, 2.45) is 0 Å². The number of hydrogen-bond acceptors (Lipinski definition) is 7. The van der Waals surface area contributed by atoms with E-state index in [9.17, 15) is 18.6 Å². The first-order chi connectivity index (χ1) is 19.3. The minimum absolute atomic E-state index is 0.0968. The number of sulfonamides is 1. The van der Waals surface area contributed by atoms with Crippen LogP contribution in [0, 0.1) is 0 Å². The Morgan fingerprint density at radius 1 is 0.850 bits per heavy atom. The fourth-order valence-electron chi connectivity index (χ4n) is 4.10. The van der Waals surface area contributed by atoms with Crippen LogP contribution in [0.2, 0.25) is 0 Å². The van der Waals surface area contributed by atoms with Crippen LogP contribution in [0.15, 0.2) is 113 Å². The SMILES string of the molecule is CS(=O)(=O)Nc1cc([C@@H](O)CN[C@H](CO)Cc2ccc(Sc3ccccc3)cc2)ccc1OCc1ccccc1. The Bertz CT molecular complexity index is 1450. The molecule has 0 saturated carbocycles. The molecule has 0 spiro atoms. The summed E-state index contributed by atoms with van der Waals surface area (Å²) in [6, 6.07) is 32.6. The fourth-order valence-corrected chi connectivity index (χ4v) is 5.49. The van der Waals surface area contributed by atoms with Gasteiger partial charge in [0.15, 0.2) is 0 Å². The zero-order valence-corrected chi connectivity index (χ0v) is 23.9. The highest BCUT2D eigenvalue weighted by molar-refractivity contribution is 7.99. The molecule has 4 rings (SSSR count). The summed E-state index contributed by atoms with van der Waals surface area (Å²) in [6.07, 6.45) is 0.728. The van der Waals surface area contributed by atoms with Crippen molar-refractivity contribution in [1.29, 1.82) is 0 Å². The van der Waals surface area contributed by atoms with Gasteiger partial charge >= 0.3 is 0 Å². The number of ether oxygens (including phenoxy) is 1. The molecule has 0 bridgehead atoms. The van der Waals surface area contributed by atoms with Crippen LogP contribution in [0.1, 0.15) is 22.8 Å². The highest BCUT2D eigenvalue weighted by Gasteiger charge is 2.16. The van der Waals surface area contributed by atoms with E-state index in [4.69, 9.17) is 4.74 Å². The van der Waals surface area contributed by atoms with Crippen molar-refractivity contribution in [3.63, 3.8) is 0 Å². The van der Waals surface area contributed by atoms with Gasteiger partial charge in [0.1, 0.15) is 12.4 Å². The quantitative estimate of drug-likeness (QED) is 0.167. The molecule has 0 amide bonds. The van der Waals surface area contributed by atoms with Crippen LogP contribution >= 0.6 is 11.8 Å². The van der Waals surface area contributed by atoms with Crippen molar-refractivity contribution >= 4 is 27.5 Å². The van der Waals surface area contributed by atoms with Gasteiger partial charge < -0.3 is 20.3 Å². The van der Waals surface area contributed by atoms with Crippen molar-refractivity contribution < 1.29 is 23.4 Å². The maximum atomic E-state index is 12.0. The summed E-state index contributed by atoms with van der Waals surface area (Å²) < 4.78 is 32.3. The van der Waals surface area contributed by atoms with E-state index in [0.717, 1.165) is 22.3 Å². The van der Waals surface area contributed by atoms with Gasteiger partial charge in [0.2, 0.25) is 10.0 Å². The summed E-state index contributed by atoms with van der Waals surface area (Å²) in [5, 5.41) is 24.0. The normalized spacial score (nSPS) is 13.0. The molecule has 0 radical (unpaired) electrons. The maximum Gasteiger partial charge on any atom is 0.229 e. The Kier molecular flexibility index (Phi) is 10.6. The molecule has 0 aromatic heterocycles. The monoisotopic (exact) mass is 578 g/mol. The number of hydrogen-bond donors (Lipinski definition) is 4. The lowest BCUT2D eigenvalue weighted by atomic mass is 10.0. The molecule has 4 N–H and O–H groups in total. The molecule has 4 aromatic rings. The lowest BCUT2D eigenvalue weighted by Crippen LogP contribution is -2.37. The van der Waals surface area contributed by atoms with E-state index < -0.39 is 16.1 Å². The first-order valence-electron chi connectivity index (χ1n) is 12.9. The first-order valence-corrected chi connectivity index (χ1v) is 15.6. The molecule has 0 aliphatic heterocycles. The molecule has 7 nitrogen and oxygen atoms in total. The second-order valence-corrected chi connectivity index (χ2v) is 12.4. The minimum Gasteiger partial charge on any atom is -0.487 e. The van der Waals surface area contributed by atoms with Crippen molar-refractivity contribution in [3.05, 3.63) is 120 Å². The molecule has 4 aromatic carbocycles. The standard InChI is InChI=1S/C31H34N2O5S2/c1-40(36,37)33-29-19-25(14-17-31(29)38-22-24-8-4-2-5-9-24)30(35)20-32-26(21-34)18-23-12-15-28(16-13-23)39-27-10-6-3-7-11-27/h2-17,19,26,30,32-35H,18,20-22H2,1H3/t26-,30-/m0/s1. The van der Waals surface area contributed by atoms with Crippen LogP contribution in [0.4, 0.5) is 5.69 Å². The molecule has 0 aliphatic rings. The zero-order chi connectivity index (χ0) is 28.4. The largest absolute Gasteiger partial charge is 0.487 e. The molecule has 0 aliphatic carbocycles. The predicted molar refractivity (Wildman–Crippen MR) is 160 cm³/mol. The average molecular weight is 579 g/mol. The summed E-state index contributed by atoms with van der Waals surface area (Å²) in [5.41, 5.74) is 2.78. The third kappa shape index (κ3) is 9.39. The zero-order valence-electron chi connectivity index (χ0n) is 22.2. The molecule has 2 atom stereocenters. The molecular weight excluding hydrogens is 544 g/mol. The molecular formula is C31H34N2O5S2. The van der Waals surface area contributed by atoms with Gasteiger partial charge in [0.25, 0.3) is 0 Å². The van der Waals surface area contributed by atoms with Gasteiger partial charge in [-0.1, -0.05) is 78.5 Å². The van der Waals surface area contributed by atoms with Gasteiger partial charge in [0, 0.05) is 22.4 Å². The van der Waals surface area contributed by atoms with Crippen molar-refractivity contribution in [3.8, 4) is 5.75 Å². The van der Waals surface area contributed by atoms with E-state index in [1.54, 1.807) is 30.0 Å². The van der Waals surface area contributed by atoms with Gasteiger partial charge in [-0.2, -0.15) is 0 Å². The molecule has 40 heavy (non-hydrogen) atoms. The predicted octanol–water partition coefficient (Wildman–Crippen LogP) is 5.01. The Balaban J connectivity index is 1.36. The van der Waals surface area contributed by atoms with Crippen LogP contribution < -0.4 is 14.8 Å². The lowest BCUT2D eigenvalue weighted by Gasteiger charge is -2.21. The third-order valence-electron chi connectivity index (χ3n) is 6.13. The maximum absolute atomic E-state index is 12.0. The summed E-state index contributed by atoms with van der Waals surface area (Å²) >= 11 is 1.69.